The fraction of sp³-hybridized carbons (Fsp3) is 0.320. The molecule has 0 radical (unpaired) electrons. The number of sulfonamides is 1. The third-order valence-electron chi connectivity index (χ3n) is 6.07. The summed E-state index contributed by atoms with van der Waals surface area (Å²) in [5.41, 5.74) is 5.25. The van der Waals surface area contributed by atoms with Gasteiger partial charge in [0.2, 0.25) is 0 Å². The van der Waals surface area contributed by atoms with Crippen molar-refractivity contribution in [3.63, 3.8) is 0 Å². The number of hydrogen-bond donors (Lipinski definition) is 2. The minimum absolute atomic E-state index is 0.143. The molecule has 2 N–H and O–H groups in total. The lowest BCUT2D eigenvalue weighted by Gasteiger charge is -2.32. The molecule has 10 heteroatoms. The van der Waals surface area contributed by atoms with Gasteiger partial charge in [0.25, 0.3) is 15.9 Å². The zero-order valence-corrected chi connectivity index (χ0v) is 21.7. The molecule has 1 aliphatic heterocycles. The first-order valence-electron chi connectivity index (χ1n) is 11.2. The Morgan fingerprint density at radius 2 is 1.74 bits per heavy atom. The molecule has 1 fully saturated rings. The molecule has 0 spiro atoms. The van der Waals surface area contributed by atoms with Crippen molar-refractivity contribution in [2.75, 3.05) is 41.2 Å². The lowest BCUT2D eigenvalue weighted by molar-refractivity contribution is 0.103. The second-order valence-electron chi connectivity index (χ2n) is 8.59. The van der Waals surface area contributed by atoms with Gasteiger partial charge < -0.3 is 15.0 Å². The number of benzene rings is 2. The molecule has 1 amide bonds. The largest absolute Gasteiger partial charge is 0.378 e. The Bertz CT molecular complexity index is 1380. The van der Waals surface area contributed by atoms with Crippen LogP contribution in [0.1, 0.15) is 31.9 Å². The zero-order valence-electron chi connectivity index (χ0n) is 20.1. The Hall–Kier alpha value is -2.95. The number of amides is 1. The van der Waals surface area contributed by atoms with Crippen molar-refractivity contribution in [3.8, 4) is 0 Å². The highest BCUT2D eigenvalue weighted by Gasteiger charge is 2.24. The summed E-state index contributed by atoms with van der Waals surface area (Å²) in [5, 5.41) is 4.62. The molecule has 0 aliphatic carbocycles. The maximum atomic E-state index is 13.9. The highest BCUT2D eigenvalue weighted by atomic mass is 32.2. The van der Waals surface area contributed by atoms with Crippen LogP contribution >= 0.6 is 11.3 Å². The highest BCUT2D eigenvalue weighted by molar-refractivity contribution is 7.92. The molecule has 0 saturated carbocycles. The van der Waals surface area contributed by atoms with E-state index in [1.807, 2.05) is 19.9 Å². The summed E-state index contributed by atoms with van der Waals surface area (Å²) >= 11 is 1.13. The molecule has 1 aliphatic rings. The van der Waals surface area contributed by atoms with E-state index in [0.717, 1.165) is 52.9 Å². The average Bonchev–Trinajstić information content (AvgIpc) is 3.26. The molecule has 4 rings (SSSR count). The highest BCUT2D eigenvalue weighted by Crippen LogP contribution is 2.35. The summed E-state index contributed by atoms with van der Waals surface area (Å²) in [7, 11) is -4.08. The van der Waals surface area contributed by atoms with Crippen molar-refractivity contribution >= 4 is 44.3 Å². The van der Waals surface area contributed by atoms with Crippen LogP contribution in [0.4, 0.5) is 21.5 Å². The molecule has 1 saturated heterocycles. The number of halogens is 1. The van der Waals surface area contributed by atoms with Gasteiger partial charge in [0.1, 0.15) is 10.7 Å². The van der Waals surface area contributed by atoms with Crippen LogP contribution in [0.15, 0.2) is 40.6 Å². The molecule has 186 valence electrons. The Morgan fingerprint density at radius 1 is 1.03 bits per heavy atom. The van der Waals surface area contributed by atoms with E-state index in [1.165, 1.54) is 18.2 Å². The third-order valence-corrected chi connectivity index (χ3v) is 8.34. The number of thiophene rings is 1. The number of anilines is 3. The number of carbonyl (C=O) groups excluding carboxylic acids is 1. The molecule has 3 aromatic rings. The van der Waals surface area contributed by atoms with Gasteiger partial charge in [0, 0.05) is 24.5 Å². The van der Waals surface area contributed by atoms with Gasteiger partial charge >= 0.3 is 0 Å². The SMILES string of the molecule is Cc1ccc(S(=O)(=O)Nc2ccsc2C(=O)Nc2c(C)cc(C)c(N3CCOCC3)c2C)cc1F. The molecule has 0 bridgehead atoms. The van der Waals surface area contributed by atoms with Crippen LogP contribution < -0.4 is 14.9 Å². The van der Waals surface area contributed by atoms with E-state index in [-0.39, 0.29) is 15.5 Å². The summed E-state index contributed by atoms with van der Waals surface area (Å²) in [6, 6.07) is 7.27. The smallest absolute Gasteiger partial charge is 0.267 e. The summed E-state index contributed by atoms with van der Waals surface area (Å²) in [4.78, 5) is 15.5. The van der Waals surface area contributed by atoms with Gasteiger partial charge in [-0.25, -0.2) is 12.8 Å². The van der Waals surface area contributed by atoms with E-state index in [1.54, 1.807) is 12.3 Å². The average molecular weight is 518 g/mol. The van der Waals surface area contributed by atoms with E-state index in [2.05, 4.69) is 21.9 Å². The van der Waals surface area contributed by atoms with Crippen LogP contribution in [0.2, 0.25) is 0 Å². The Morgan fingerprint density at radius 3 is 2.43 bits per heavy atom. The third kappa shape index (κ3) is 5.19. The van der Waals surface area contributed by atoms with Crippen LogP contribution in [0.25, 0.3) is 0 Å². The first kappa shape index (κ1) is 25.2. The molecular weight excluding hydrogens is 489 g/mol. The van der Waals surface area contributed by atoms with Crippen molar-refractivity contribution in [2.45, 2.75) is 32.6 Å². The maximum Gasteiger partial charge on any atom is 0.267 e. The van der Waals surface area contributed by atoms with Gasteiger partial charge in [-0.05, 0) is 73.5 Å². The van der Waals surface area contributed by atoms with Crippen LogP contribution in [0.5, 0.6) is 0 Å². The predicted octanol–water partition coefficient (Wildman–Crippen LogP) is 5.01. The van der Waals surface area contributed by atoms with Gasteiger partial charge in [0.05, 0.1) is 23.8 Å². The molecular formula is C25H28FN3O4S2. The topological polar surface area (TPSA) is 87.7 Å². The Balaban J connectivity index is 1.61. The lowest BCUT2D eigenvalue weighted by Crippen LogP contribution is -2.37. The van der Waals surface area contributed by atoms with Crippen molar-refractivity contribution in [3.05, 3.63) is 68.7 Å². The van der Waals surface area contributed by atoms with Crippen LogP contribution in [-0.4, -0.2) is 40.6 Å². The van der Waals surface area contributed by atoms with Gasteiger partial charge in [-0.15, -0.1) is 11.3 Å². The van der Waals surface area contributed by atoms with Crippen molar-refractivity contribution in [1.29, 1.82) is 0 Å². The fourth-order valence-electron chi connectivity index (χ4n) is 4.32. The van der Waals surface area contributed by atoms with E-state index in [9.17, 15) is 17.6 Å². The van der Waals surface area contributed by atoms with Crippen LogP contribution in [0.3, 0.4) is 0 Å². The van der Waals surface area contributed by atoms with Gasteiger partial charge in [-0.1, -0.05) is 12.1 Å². The molecule has 2 aromatic carbocycles. The molecule has 2 heterocycles. The standard InChI is InChI=1S/C25H28FN3O4S2/c1-15-5-6-19(14-20(15)26)35(31,32)28-21-7-12-34-24(21)25(30)27-22-16(2)13-17(3)23(18(22)4)29-8-10-33-11-9-29/h5-7,12-14,28H,8-11H2,1-4H3,(H,27,30). The number of carbonyl (C=O) groups is 1. The van der Waals surface area contributed by atoms with Crippen molar-refractivity contribution in [2.24, 2.45) is 0 Å². The summed E-state index contributed by atoms with van der Waals surface area (Å²) in [6.45, 7) is 10.4. The van der Waals surface area contributed by atoms with E-state index in [0.29, 0.717) is 24.5 Å². The number of hydrogen-bond acceptors (Lipinski definition) is 6. The van der Waals surface area contributed by atoms with E-state index in [4.69, 9.17) is 4.74 Å². The molecule has 1 aromatic heterocycles. The number of nitrogens with zero attached hydrogens (tertiary/aromatic N) is 1. The fourth-order valence-corrected chi connectivity index (χ4v) is 6.21. The number of rotatable bonds is 6. The first-order valence-corrected chi connectivity index (χ1v) is 13.6. The quantitative estimate of drug-likeness (QED) is 0.480. The zero-order chi connectivity index (χ0) is 25.3. The van der Waals surface area contributed by atoms with Crippen molar-refractivity contribution in [1.82, 2.24) is 0 Å². The molecule has 35 heavy (non-hydrogen) atoms. The molecule has 7 nitrogen and oxygen atoms in total. The van der Waals surface area contributed by atoms with Gasteiger partial charge in [-0.3, -0.25) is 9.52 Å². The number of morpholine rings is 1. The number of aryl methyl sites for hydroxylation is 3. The van der Waals surface area contributed by atoms with Crippen LogP contribution in [0, 0.1) is 33.5 Å². The second-order valence-corrected chi connectivity index (χ2v) is 11.2. The minimum Gasteiger partial charge on any atom is -0.378 e. The molecule has 0 unspecified atom stereocenters. The van der Waals surface area contributed by atoms with E-state index < -0.39 is 21.7 Å². The minimum atomic E-state index is -4.08. The van der Waals surface area contributed by atoms with E-state index >= 15 is 0 Å². The molecule has 0 atom stereocenters. The number of ether oxygens (including phenoxy) is 1. The lowest BCUT2D eigenvalue weighted by atomic mass is 10.0. The Labute approximate surface area is 209 Å². The Kier molecular flexibility index (Phi) is 7.16. The first-order chi connectivity index (χ1) is 16.6. The summed E-state index contributed by atoms with van der Waals surface area (Å²) in [5.74, 6) is -1.03. The second kappa shape index (κ2) is 9.96. The van der Waals surface area contributed by atoms with Gasteiger partial charge in [-0.2, -0.15) is 0 Å². The number of nitrogens with one attached hydrogen (secondary N) is 2. The summed E-state index contributed by atoms with van der Waals surface area (Å²) < 4.78 is 47.5. The maximum absolute atomic E-state index is 13.9. The predicted molar refractivity (Wildman–Crippen MR) is 138 cm³/mol. The monoisotopic (exact) mass is 517 g/mol. The normalized spacial score (nSPS) is 14.1. The van der Waals surface area contributed by atoms with Crippen molar-refractivity contribution < 1.29 is 22.3 Å². The summed E-state index contributed by atoms with van der Waals surface area (Å²) in [6.07, 6.45) is 0. The van der Waals surface area contributed by atoms with Gasteiger partial charge in [0.15, 0.2) is 0 Å². The van der Waals surface area contributed by atoms with Crippen LogP contribution in [-0.2, 0) is 14.8 Å².